The minimum Gasteiger partial charge on any atom is -0.301 e. The maximum atomic E-state index is 2.75. The maximum absolute atomic E-state index is 2.75. The summed E-state index contributed by atoms with van der Waals surface area (Å²) in [5.41, 5.74) is 0.434. The summed E-state index contributed by atoms with van der Waals surface area (Å²) in [5.74, 6) is 0.803. The van der Waals surface area contributed by atoms with Gasteiger partial charge in [-0.2, -0.15) is 0 Å². The Kier molecular flexibility index (Phi) is 5.49. The van der Waals surface area contributed by atoms with E-state index in [-0.39, 0.29) is 0 Å². The van der Waals surface area contributed by atoms with E-state index in [1.54, 1.807) is 0 Å². The van der Waals surface area contributed by atoms with Gasteiger partial charge in [-0.3, -0.25) is 4.90 Å². The fourth-order valence-corrected chi connectivity index (χ4v) is 3.75. The number of rotatable bonds is 4. The van der Waals surface area contributed by atoms with Gasteiger partial charge < -0.3 is 9.80 Å². The predicted molar refractivity (Wildman–Crippen MR) is 87.2 cm³/mol. The molecule has 3 nitrogen and oxygen atoms in total. The molecule has 0 aromatic carbocycles. The summed E-state index contributed by atoms with van der Waals surface area (Å²) < 4.78 is 0. The number of hydrogen-bond donors (Lipinski definition) is 0. The summed E-state index contributed by atoms with van der Waals surface area (Å²) in [4.78, 5) is 8.06. The van der Waals surface area contributed by atoms with Crippen LogP contribution in [0.15, 0.2) is 0 Å². The highest BCUT2D eigenvalue weighted by molar-refractivity contribution is 4.87. The molecule has 0 radical (unpaired) electrons. The Balaban J connectivity index is 1.72. The Bertz CT molecular complexity index is 287. The summed E-state index contributed by atoms with van der Waals surface area (Å²) in [5, 5.41) is 0. The van der Waals surface area contributed by atoms with Crippen LogP contribution in [0.3, 0.4) is 0 Å². The van der Waals surface area contributed by atoms with E-state index in [1.165, 1.54) is 58.8 Å². The van der Waals surface area contributed by atoms with Crippen LogP contribution in [-0.4, -0.2) is 73.1 Å². The van der Waals surface area contributed by atoms with E-state index in [1.807, 2.05) is 0 Å². The van der Waals surface area contributed by atoms with Crippen molar-refractivity contribution in [2.45, 2.75) is 47.1 Å². The van der Waals surface area contributed by atoms with Gasteiger partial charge in [-0.1, -0.05) is 34.6 Å². The Morgan fingerprint density at radius 3 is 2.15 bits per heavy atom. The second kappa shape index (κ2) is 6.76. The Hall–Kier alpha value is -0.120. The highest BCUT2D eigenvalue weighted by Gasteiger charge is 2.30. The molecule has 20 heavy (non-hydrogen) atoms. The molecule has 1 atom stereocenters. The third kappa shape index (κ3) is 5.01. The topological polar surface area (TPSA) is 9.72 Å². The molecule has 2 rings (SSSR count). The average molecular weight is 281 g/mol. The molecule has 0 N–H and O–H groups in total. The van der Waals surface area contributed by atoms with Crippen LogP contribution in [0, 0.1) is 11.3 Å². The first-order valence-corrected chi connectivity index (χ1v) is 8.52. The summed E-state index contributed by atoms with van der Waals surface area (Å²) in [6.45, 7) is 21.9. The molecule has 0 amide bonds. The van der Waals surface area contributed by atoms with Gasteiger partial charge in [-0.15, -0.1) is 0 Å². The minimum atomic E-state index is 0.434. The van der Waals surface area contributed by atoms with Gasteiger partial charge in [-0.25, -0.2) is 0 Å². The number of likely N-dealkylation sites (tertiary alicyclic amines) is 1. The quantitative estimate of drug-likeness (QED) is 0.783. The lowest BCUT2D eigenvalue weighted by atomic mass is 9.95. The lowest BCUT2D eigenvalue weighted by Crippen LogP contribution is -2.52. The molecule has 2 saturated heterocycles. The number of hydrogen-bond acceptors (Lipinski definition) is 3. The largest absolute Gasteiger partial charge is 0.301 e. The summed E-state index contributed by atoms with van der Waals surface area (Å²) >= 11 is 0. The van der Waals surface area contributed by atoms with Crippen molar-refractivity contribution in [2.24, 2.45) is 11.3 Å². The van der Waals surface area contributed by atoms with E-state index in [4.69, 9.17) is 0 Å². The standard InChI is InChI=1S/C17H35N3/c1-15(2)12-19-7-6-16(13-19)20-10-8-18(9-11-20)14-17(3,4)5/h15-16H,6-14H2,1-5H3/t16-/m0/s1. The summed E-state index contributed by atoms with van der Waals surface area (Å²) in [6, 6.07) is 0.825. The van der Waals surface area contributed by atoms with Crippen molar-refractivity contribution in [1.82, 2.24) is 14.7 Å². The van der Waals surface area contributed by atoms with Crippen molar-refractivity contribution >= 4 is 0 Å². The van der Waals surface area contributed by atoms with Crippen molar-refractivity contribution in [3.8, 4) is 0 Å². The number of nitrogens with zero attached hydrogens (tertiary/aromatic N) is 3. The number of piperazine rings is 1. The van der Waals surface area contributed by atoms with Gasteiger partial charge in [0.25, 0.3) is 0 Å². The Labute approximate surface area is 126 Å². The maximum Gasteiger partial charge on any atom is 0.0236 e. The second-order valence-corrected chi connectivity index (χ2v) is 8.47. The zero-order chi connectivity index (χ0) is 14.8. The van der Waals surface area contributed by atoms with Gasteiger partial charge in [0, 0.05) is 51.9 Å². The van der Waals surface area contributed by atoms with Gasteiger partial charge in [-0.05, 0) is 24.3 Å². The highest BCUT2D eigenvalue weighted by atomic mass is 15.3. The zero-order valence-electron chi connectivity index (χ0n) is 14.4. The molecule has 2 aliphatic heterocycles. The molecule has 0 aromatic heterocycles. The van der Waals surface area contributed by atoms with Crippen molar-refractivity contribution in [3.63, 3.8) is 0 Å². The van der Waals surface area contributed by atoms with Crippen LogP contribution in [0.4, 0.5) is 0 Å². The van der Waals surface area contributed by atoms with Gasteiger partial charge in [0.15, 0.2) is 0 Å². The molecule has 0 bridgehead atoms. The summed E-state index contributed by atoms with van der Waals surface area (Å²) in [7, 11) is 0. The van der Waals surface area contributed by atoms with E-state index in [0.717, 1.165) is 12.0 Å². The summed E-state index contributed by atoms with van der Waals surface area (Å²) in [6.07, 6.45) is 1.38. The van der Waals surface area contributed by atoms with Crippen molar-refractivity contribution in [3.05, 3.63) is 0 Å². The van der Waals surface area contributed by atoms with E-state index in [9.17, 15) is 0 Å². The van der Waals surface area contributed by atoms with E-state index < -0.39 is 0 Å². The zero-order valence-corrected chi connectivity index (χ0v) is 14.4. The van der Waals surface area contributed by atoms with Crippen LogP contribution >= 0.6 is 0 Å². The van der Waals surface area contributed by atoms with Crippen LogP contribution in [0.5, 0.6) is 0 Å². The van der Waals surface area contributed by atoms with E-state index in [2.05, 4.69) is 49.3 Å². The Morgan fingerprint density at radius 2 is 1.60 bits per heavy atom. The van der Waals surface area contributed by atoms with E-state index in [0.29, 0.717) is 5.41 Å². The van der Waals surface area contributed by atoms with Gasteiger partial charge in [0.1, 0.15) is 0 Å². The van der Waals surface area contributed by atoms with Crippen LogP contribution in [0.1, 0.15) is 41.0 Å². The van der Waals surface area contributed by atoms with Crippen molar-refractivity contribution in [2.75, 3.05) is 52.4 Å². The molecular weight excluding hydrogens is 246 g/mol. The lowest BCUT2D eigenvalue weighted by Gasteiger charge is -2.40. The fraction of sp³-hybridized carbons (Fsp3) is 1.00. The Morgan fingerprint density at radius 1 is 0.950 bits per heavy atom. The fourth-order valence-electron chi connectivity index (χ4n) is 3.75. The normalized spacial score (nSPS) is 27.6. The molecule has 0 saturated carbocycles. The molecule has 2 heterocycles. The monoisotopic (exact) mass is 281 g/mol. The van der Waals surface area contributed by atoms with E-state index >= 15 is 0 Å². The lowest BCUT2D eigenvalue weighted by molar-refractivity contribution is 0.0766. The van der Waals surface area contributed by atoms with Gasteiger partial charge in [0.2, 0.25) is 0 Å². The van der Waals surface area contributed by atoms with Crippen LogP contribution in [0.2, 0.25) is 0 Å². The second-order valence-electron chi connectivity index (χ2n) is 8.47. The van der Waals surface area contributed by atoms with Gasteiger partial charge >= 0.3 is 0 Å². The van der Waals surface area contributed by atoms with Gasteiger partial charge in [0.05, 0.1) is 0 Å². The molecular formula is C17H35N3. The molecule has 2 fully saturated rings. The third-order valence-electron chi connectivity index (χ3n) is 4.49. The SMILES string of the molecule is CC(C)CN1CC[C@H](N2CCN(CC(C)(C)C)CC2)C1. The third-order valence-corrected chi connectivity index (χ3v) is 4.49. The van der Waals surface area contributed by atoms with Crippen molar-refractivity contribution < 1.29 is 0 Å². The minimum absolute atomic E-state index is 0.434. The first kappa shape index (κ1) is 16.3. The predicted octanol–water partition coefficient (Wildman–Crippen LogP) is 2.38. The average Bonchev–Trinajstić information content (AvgIpc) is 2.75. The molecule has 0 spiro atoms. The smallest absolute Gasteiger partial charge is 0.0236 e. The van der Waals surface area contributed by atoms with Crippen LogP contribution in [0.25, 0.3) is 0 Å². The molecule has 3 heteroatoms. The molecule has 2 aliphatic rings. The molecule has 118 valence electrons. The molecule has 0 aliphatic carbocycles. The first-order valence-electron chi connectivity index (χ1n) is 8.52. The molecule has 0 unspecified atom stereocenters. The van der Waals surface area contributed by atoms with Crippen LogP contribution < -0.4 is 0 Å². The van der Waals surface area contributed by atoms with Crippen LogP contribution in [-0.2, 0) is 0 Å². The highest BCUT2D eigenvalue weighted by Crippen LogP contribution is 2.20. The molecule has 0 aromatic rings. The van der Waals surface area contributed by atoms with Crippen molar-refractivity contribution in [1.29, 1.82) is 0 Å². The first-order chi connectivity index (χ1) is 9.33.